The van der Waals surface area contributed by atoms with Gasteiger partial charge >= 0.3 is 0 Å². The van der Waals surface area contributed by atoms with Crippen molar-refractivity contribution in [2.45, 2.75) is 40.0 Å². The third-order valence-corrected chi connectivity index (χ3v) is 4.38. The van der Waals surface area contributed by atoms with Gasteiger partial charge in [0.05, 0.1) is 0 Å². The number of aryl methyl sites for hydroxylation is 1. The van der Waals surface area contributed by atoms with E-state index in [2.05, 4.69) is 10.6 Å². The van der Waals surface area contributed by atoms with Crippen LogP contribution in [-0.4, -0.2) is 35.7 Å². The van der Waals surface area contributed by atoms with Crippen molar-refractivity contribution in [3.63, 3.8) is 0 Å². The van der Waals surface area contributed by atoms with E-state index in [0.29, 0.717) is 31.6 Å². The van der Waals surface area contributed by atoms with Crippen molar-refractivity contribution < 1.29 is 14.4 Å². The first-order chi connectivity index (χ1) is 11.4. The monoisotopic (exact) mass is 331 g/mol. The number of carbonyl (C=O) groups excluding carboxylic acids is 3. The molecule has 0 unspecified atom stereocenters. The predicted octanol–water partition coefficient (Wildman–Crippen LogP) is 2.40. The molecular weight excluding hydrogens is 306 g/mol. The predicted molar refractivity (Wildman–Crippen MR) is 93.7 cm³/mol. The molecule has 2 N–H and O–H groups in total. The van der Waals surface area contributed by atoms with Gasteiger partial charge in [-0.3, -0.25) is 14.4 Å². The molecule has 0 spiro atoms. The molecule has 6 nitrogen and oxygen atoms in total. The van der Waals surface area contributed by atoms with E-state index in [9.17, 15) is 14.4 Å². The standard InChI is InChI=1S/C18H25N3O3/c1-4-14-5-6-16(19-12(2)22)11-17(14)20-18(24)15-7-9-21(10-8-15)13(3)23/h5-6,11,15H,4,7-10H2,1-3H3,(H,19,22)(H,20,24). The molecule has 1 aliphatic rings. The van der Waals surface area contributed by atoms with Crippen molar-refractivity contribution in [3.05, 3.63) is 23.8 Å². The Kier molecular flexibility index (Phi) is 5.95. The normalized spacial score (nSPS) is 15.0. The first kappa shape index (κ1) is 18.0. The largest absolute Gasteiger partial charge is 0.343 e. The lowest BCUT2D eigenvalue weighted by Crippen LogP contribution is -2.40. The van der Waals surface area contributed by atoms with Crippen molar-refractivity contribution in [2.24, 2.45) is 5.92 Å². The van der Waals surface area contributed by atoms with Gasteiger partial charge in [-0.2, -0.15) is 0 Å². The van der Waals surface area contributed by atoms with Gasteiger partial charge in [-0.1, -0.05) is 13.0 Å². The Morgan fingerprint density at radius 1 is 1.12 bits per heavy atom. The number of piperidine rings is 1. The third-order valence-electron chi connectivity index (χ3n) is 4.38. The van der Waals surface area contributed by atoms with Crippen molar-refractivity contribution >= 4 is 29.1 Å². The molecule has 0 radical (unpaired) electrons. The smallest absolute Gasteiger partial charge is 0.227 e. The topological polar surface area (TPSA) is 78.5 Å². The molecule has 1 heterocycles. The minimum Gasteiger partial charge on any atom is -0.343 e. The molecule has 1 saturated heterocycles. The number of benzene rings is 1. The average molecular weight is 331 g/mol. The summed E-state index contributed by atoms with van der Waals surface area (Å²) in [4.78, 5) is 36.9. The molecule has 0 aliphatic carbocycles. The number of hydrogen-bond acceptors (Lipinski definition) is 3. The third kappa shape index (κ3) is 4.57. The zero-order valence-corrected chi connectivity index (χ0v) is 14.5. The number of amides is 3. The van der Waals surface area contributed by atoms with Crippen LogP contribution in [0.5, 0.6) is 0 Å². The van der Waals surface area contributed by atoms with Crippen molar-refractivity contribution in [3.8, 4) is 0 Å². The average Bonchev–Trinajstić information content (AvgIpc) is 2.54. The molecule has 130 valence electrons. The van der Waals surface area contributed by atoms with Crippen molar-refractivity contribution in [1.82, 2.24) is 4.90 Å². The Bertz CT molecular complexity index is 634. The fraction of sp³-hybridized carbons (Fsp3) is 0.500. The summed E-state index contributed by atoms with van der Waals surface area (Å²) in [6.45, 7) is 6.28. The summed E-state index contributed by atoms with van der Waals surface area (Å²) in [6.07, 6.45) is 2.15. The van der Waals surface area contributed by atoms with Crippen LogP contribution < -0.4 is 10.6 Å². The summed E-state index contributed by atoms with van der Waals surface area (Å²) in [5.74, 6) is -0.194. The number of rotatable bonds is 4. The van der Waals surface area contributed by atoms with Crippen LogP contribution in [0.3, 0.4) is 0 Å². The molecule has 0 atom stereocenters. The summed E-state index contributed by atoms with van der Waals surface area (Å²) < 4.78 is 0. The minimum absolute atomic E-state index is 0.0205. The van der Waals surface area contributed by atoms with Crippen LogP contribution in [0.1, 0.15) is 39.2 Å². The van der Waals surface area contributed by atoms with Gasteiger partial charge in [-0.15, -0.1) is 0 Å². The maximum atomic E-state index is 12.5. The van der Waals surface area contributed by atoms with Gasteiger partial charge in [0.2, 0.25) is 17.7 Å². The highest BCUT2D eigenvalue weighted by atomic mass is 16.2. The minimum atomic E-state index is -0.145. The molecular formula is C18H25N3O3. The molecule has 1 fully saturated rings. The van der Waals surface area contributed by atoms with Crippen LogP contribution in [0.15, 0.2) is 18.2 Å². The fourth-order valence-electron chi connectivity index (χ4n) is 2.97. The molecule has 1 aromatic carbocycles. The van der Waals surface area contributed by atoms with E-state index >= 15 is 0 Å². The van der Waals surface area contributed by atoms with Crippen LogP contribution in [0.2, 0.25) is 0 Å². The SMILES string of the molecule is CCc1ccc(NC(C)=O)cc1NC(=O)C1CCN(C(C)=O)CC1. The molecule has 1 aromatic rings. The Labute approximate surface area is 142 Å². The van der Waals surface area contributed by atoms with E-state index in [1.807, 2.05) is 19.1 Å². The van der Waals surface area contributed by atoms with E-state index in [0.717, 1.165) is 17.7 Å². The maximum absolute atomic E-state index is 12.5. The Hall–Kier alpha value is -2.37. The highest BCUT2D eigenvalue weighted by Crippen LogP contribution is 2.24. The molecule has 1 aliphatic heterocycles. The summed E-state index contributed by atoms with van der Waals surface area (Å²) >= 11 is 0. The first-order valence-electron chi connectivity index (χ1n) is 8.37. The zero-order chi connectivity index (χ0) is 17.7. The Morgan fingerprint density at radius 3 is 2.33 bits per heavy atom. The zero-order valence-electron chi connectivity index (χ0n) is 14.5. The van der Waals surface area contributed by atoms with E-state index in [1.54, 1.807) is 17.9 Å². The van der Waals surface area contributed by atoms with Crippen molar-refractivity contribution in [1.29, 1.82) is 0 Å². The Morgan fingerprint density at radius 2 is 1.79 bits per heavy atom. The summed E-state index contributed by atoms with van der Waals surface area (Å²) in [5, 5.41) is 5.73. The first-order valence-corrected chi connectivity index (χ1v) is 8.37. The van der Waals surface area contributed by atoms with Crippen molar-refractivity contribution in [2.75, 3.05) is 23.7 Å². The van der Waals surface area contributed by atoms with Gasteiger partial charge in [-0.25, -0.2) is 0 Å². The van der Waals surface area contributed by atoms with Crippen LogP contribution in [-0.2, 0) is 20.8 Å². The Balaban J connectivity index is 2.05. The number of nitrogens with zero attached hydrogens (tertiary/aromatic N) is 1. The number of anilines is 2. The van der Waals surface area contributed by atoms with Gasteiger partial charge in [-0.05, 0) is 37.0 Å². The van der Waals surface area contributed by atoms with Crippen LogP contribution in [0, 0.1) is 5.92 Å². The lowest BCUT2D eigenvalue weighted by atomic mass is 9.95. The highest BCUT2D eigenvalue weighted by molar-refractivity contribution is 5.95. The molecule has 0 bridgehead atoms. The van der Waals surface area contributed by atoms with Crippen LogP contribution >= 0.6 is 0 Å². The second kappa shape index (κ2) is 7.95. The maximum Gasteiger partial charge on any atom is 0.227 e. The molecule has 0 saturated carbocycles. The molecule has 24 heavy (non-hydrogen) atoms. The number of carbonyl (C=O) groups is 3. The summed E-state index contributed by atoms with van der Waals surface area (Å²) in [7, 11) is 0. The summed E-state index contributed by atoms with van der Waals surface area (Å²) in [6, 6.07) is 5.54. The van der Waals surface area contributed by atoms with Gasteiger partial charge < -0.3 is 15.5 Å². The second-order valence-corrected chi connectivity index (χ2v) is 6.18. The summed E-state index contributed by atoms with van der Waals surface area (Å²) in [5.41, 5.74) is 2.43. The van der Waals surface area contributed by atoms with E-state index in [4.69, 9.17) is 0 Å². The van der Waals surface area contributed by atoms with Gasteiger partial charge in [0.15, 0.2) is 0 Å². The fourth-order valence-corrected chi connectivity index (χ4v) is 2.97. The number of hydrogen-bond donors (Lipinski definition) is 2. The van der Waals surface area contributed by atoms with E-state index < -0.39 is 0 Å². The van der Waals surface area contributed by atoms with Gasteiger partial charge in [0, 0.05) is 44.2 Å². The quantitative estimate of drug-likeness (QED) is 0.889. The second-order valence-electron chi connectivity index (χ2n) is 6.18. The lowest BCUT2D eigenvalue weighted by molar-refractivity contribution is -0.132. The van der Waals surface area contributed by atoms with E-state index in [-0.39, 0.29) is 23.6 Å². The molecule has 0 aromatic heterocycles. The molecule has 3 amide bonds. The van der Waals surface area contributed by atoms with Gasteiger partial charge in [0.1, 0.15) is 0 Å². The van der Waals surface area contributed by atoms with Gasteiger partial charge in [0.25, 0.3) is 0 Å². The number of nitrogens with one attached hydrogen (secondary N) is 2. The molecule has 6 heteroatoms. The molecule has 2 rings (SSSR count). The number of likely N-dealkylation sites (tertiary alicyclic amines) is 1. The lowest BCUT2D eigenvalue weighted by Gasteiger charge is -2.30. The van der Waals surface area contributed by atoms with E-state index in [1.165, 1.54) is 6.92 Å². The van der Waals surface area contributed by atoms with Crippen LogP contribution in [0.4, 0.5) is 11.4 Å². The highest BCUT2D eigenvalue weighted by Gasteiger charge is 2.26. The van der Waals surface area contributed by atoms with Crippen LogP contribution in [0.25, 0.3) is 0 Å².